The van der Waals surface area contributed by atoms with Crippen LogP contribution in [-0.4, -0.2) is 35.7 Å². The first-order valence-corrected chi connectivity index (χ1v) is 11.9. The number of benzene rings is 3. The van der Waals surface area contributed by atoms with Gasteiger partial charge in [-0.15, -0.1) is 0 Å². The second kappa shape index (κ2) is 10.5. The third-order valence-electron chi connectivity index (χ3n) is 5.83. The largest absolute Gasteiger partial charge is 0.455 e. The van der Waals surface area contributed by atoms with Gasteiger partial charge in [-0.3, -0.25) is 0 Å². The van der Waals surface area contributed by atoms with E-state index in [1.807, 2.05) is 56.0 Å². The van der Waals surface area contributed by atoms with Crippen molar-refractivity contribution in [1.29, 1.82) is 5.26 Å². The van der Waals surface area contributed by atoms with Crippen LogP contribution in [0, 0.1) is 11.3 Å². The Bertz CT molecular complexity index is 1190. The Morgan fingerprint density at radius 2 is 1.80 bits per heavy atom. The minimum absolute atomic E-state index is 0.0430. The van der Waals surface area contributed by atoms with Crippen LogP contribution < -0.4 is 10.1 Å². The second-order valence-electron chi connectivity index (χ2n) is 9.67. The van der Waals surface area contributed by atoms with Crippen LogP contribution >= 0.6 is 0 Å². The number of carbonyl (C=O) groups excluding carboxylic acids is 1. The van der Waals surface area contributed by atoms with Crippen molar-refractivity contribution in [2.45, 2.75) is 45.3 Å². The number of likely N-dealkylation sites (tertiary alicyclic amines) is 1. The fourth-order valence-electron chi connectivity index (χ4n) is 4.12. The van der Waals surface area contributed by atoms with E-state index < -0.39 is 5.60 Å². The summed E-state index contributed by atoms with van der Waals surface area (Å²) in [5, 5.41) is 12.6. The van der Waals surface area contributed by atoms with Crippen LogP contribution in [0.1, 0.15) is 39.2 Å². The van der Waals surface area contributed by atoms with Crippen molar-refractivity contribution in [2.75, 3.05) is 18.4 Å². The number of carbonyl (C=O) groups is 1. The van der Waals surface area contributed by atoms with Crippen LogP contribution in [0.15, 0.2) is 72.8 Å². The fourth-order valence-corrected chi connectivity index (χ4v) is 4.12. The van der Waals surface area contributed by atoms with E-state index in [1.54, 1.807) is 24.3 Å². The molecule has 0 saturated carbocycles. The van der Waals surface area contributed by atoms with Gasteiger partial charge >= 0.3 is 6.09 Å². The number of nitrogens with one attached hydrogen (secondary N) is 1. The Hall–Kier alpha value is -3.98. The highest BCUT2D eigenvalue weighted by Crippen LogP contribution is 2.35. The number of anilines is 1. The van der Waals surface area contributed by atoms with Crippen LogP contribution in [0.2, 0.25) is 0 Å². The Balaban J connectivity index is 1.55. The molecule has 35 heavy (non-hydrogen) atoms. The third-order valence-corrected chi connectivity index (χ3v) is 5.83. The van der Waals surface area contributed by atoms with E-state index >= 15 is 0 Å². The molecule has 1 unspecified atom stereocenters. The molecule has 1 aliphatic heterocycles. The molecule has 0 aliphatic carbocycles. The van der Waals surface area contributed by atoms with Crippen molar-refractivity contribution in [2.24, 2.45) is 0 Å². The Kier molecular flexibility index (Phi) is 7.26. The number of nitrogens with zero attached hydrogens (tertiary/aromatic N) is 2. The number of hydrogen-bond acceptors (Lipinski definition) is 5. The standard InChI is InChI=1S/C29H31N3O3/c1-29(2,3)35-28(33)32-17-7-10-24(32)20-31-26-16-13-23(22-8-5-4-6-9-22)18-27(26)34-25-14-11-21(19-30)12-15-25/h4-6,8-9,11-16,18,24,31H,7,10,17,20H2,1-3H3. The molecule has 0 aromatic heterocycles. The van der Waals surface area contributed by atoms with Gasteiger partial charge < -0.3 is 19.7 Å². The van der Waals surface area contributed by atoms with E-state index in [4.69, 9.17) is 14.7 Å². The van der Waals surface area contributed by atoms with Gasteiger partial charge in [0.25, 0.3) is 0 Å². The molecule has 1 amide bonds. The van der Waals surface area contributed by atoms with Gasteiger partial charge in [-0.25, -0.2) is 4.79 Å². The Morgan fingerprint density at radius 1 is 1.06 bits per heavy atom. The first-order valence-electron chi connectivity index (χ1n) is 11.9. The monoisotopic (exact) mass is 469 g/mol. The molecule has 1 aliphatic rings. The highest BCUT2D eigenvalue weighted by molar-refractivity contribution is 5.72. The molecule has 0 radical (unpaired) electrons. The lowest BCUT2D eigenvalue weighted by atomic mass is 10.0. The maximum atomic E-state index is 12.7. The minimum Gasteiger partial charge on any atom is -0.455 e. The van der Waals surface area contributed by atoms with Gasteiger partial charge in [-0.05, 0) is 81.1 Å². The molecule has 1 N–H and O–H groups in total. The number of hydrogen-bond donors (Lipinski definition) is 1. The van der Waals surface area contributed by atoms with Crippen LogP contribution in [0.4, 0.5) is 10.5 Å². The number of nitriles is 1. The maximum Gasteiger partial charge on any atom is 0.410 e. The first-order chi connectivity index (χ1) is 16.8. The fraction of sp³-hybridized carbons (Fsp3) is 0.310. The van der Waals surface area contributed by atoms with Crippen molar-refractivity contribution >= 4 is 11.8 Å². The lowest BCUT2D eigenvalue weighted by Crippen LogP contribution is -2.42. The van der Waals surface area contributed by atoms with Gasteiger partial charge in [-0.1, -0.05) is 36.4 Å². The smallest absolute Gasteiger partial charge is 0.410 e. The summed E-state index contributed by atoms with van der Waals surface area (Å²) < 4.78 is 11.9. The molecule has 1 fully saturated rings. The summed E-state index contributed by atoms with van der Waals surface area (Å²) in [7, 11) is 0. The normalized spacial score (nSPS) is 15.4. The zero-order chi connectivity index (χ0) is 24.8. The average Bonchev–Trinajstić information content (AvgIpc) is 3.32. The summed E-state index contributed by atoms with van der Waals surface area (Å²) in [4.78, 5) is 14.5. The van der Waals surface area contributed by atoms with E-state index in [2.05, 4.69) is 29.6 Å². The first kappa shape index (κ1) is 24.2. The molecule has 1 atom stereocenters. The lowest BCUT2D eigenvalue weighted by Gasteiger charge is -2.29. The summed E-state index contributed by atoms with van der Waals surface area (Å²) in [6, 6.07) is 25.4. The van der Waals surface area contributed by atoms with Crippen molar-refractivity contribution in [1.82, 2.24) is 4.90 Å². The number of amides is 1. The van der Waals surface area contributed by atoms with E-state index in [0.717, 1.165) is 29.7 Å². The molecule has 3 aromatic carbocycles. The molecule has 4 rings (SSSR count). The topological polar surface area (TPSA) is 74.6 Å². The summed E-state index contributed by atoms with van der Waals surface area (Å²) in [5.74, 6) is 1.33. The third kappa shape index (κ3) is 6.33. The lowest BCUT2D eigenvalue weighted by molar-refractivity contribution is 0.0235. The zero-order valence-electron chi connectivity index (χ0n) is 20.5. The molecule has 6 heteroatoms. The Morgan fingerprint density at radius 3 is 2.49 bits per heavy atom. The number of ether oxygens (including phenoxy) is 2. The van der Waals surface area contributed by atoms with Crippen LogP contribution in [0.25, 0.3) is 11.1 Å². The second-order valence-corrected chi connectivity index (χ2v) is 9.67. The summed E-state index contributed by atoms with van der Waals surface area (Å²) in [6.45, 7) is 6.94. The summed E-state index contributed by atoms with van der Waals surface area (Å²) in [5.41, 5.74) is 3.03. The van der Waals surface area contributed by atoms with Crippen LogP contribution in [0.3, 0.4) is 0 Å². The van der Waals surface area contributed by atoms with Crippen molar-refractivity contribution in [3.05, 3.63) is 78.4 Å². The summed E-state index contributed by atoms with van der Waals surface area (Å²) in [6.07, 6.45) is 1.60. The molecule has 0 spiro atoms. The van der Waals surface area contributed by atoms with E-state index in [1.165, 1.54) is 0 Å². The van der Waals surface area contributed by atoms with E-state index in [9.17, 15) is 4.79 Å². The Labute approximate surface area is 207 Å². The van der Waals surface area contributed by atoms with Gasteiger partial charge in [0.05, 0.1) is 23.4 Å². The summed E-state index contributed by atoms with van der Waals surface area (Å²) >= 11 is 0. The van der Waals surface area contributed by atoms with Crippen molar-refractivity contribution < 1.29 is 14.3 Å². The molecule has 0 bridgehead atoms. The molecule has 6 nitrogen and oxygen atoms in total. The van der Waals surface area contributed by atoms with Gasteiger partial charge in [-0.2, -0.15) is 5.26 Å². The van der Waals surface area contributed by atoms with Crippen LogP contribution in [-0.2, 0) is 4.74 Å². The maximum absolute atomic E-state index is 12.7. The predicted octanol–water partition coefficient (Wildman–Crippen LogP) is 6.83. The van der Waals surface area contributed by atoms with Gasteiger partial charge in [0.1, 0.15) is 11.4 Å². The van der Waals surface area contributed by atoms with Gasteiger partial charge in [0.2, 0.25) is 0 Å². The van der Waals surface area contributed by atoms with E-state index in [-0.39, 0.29) is 12.1 Å². The van der Waals surface area contributed by atoms with Crippen molar-refractivity contribution in [3.8, 4) is 28.7 Å². The molecular formula is C29H31N3O3. The van der Waals surface area contributed by atoms with Gasteiger partial charge in [0.15, 0.2) is 5.75 Å². The highest BCUT2D eigenvalue weighted by Gasteiger charge is 2.32. The number of rotatable bonds is 6. The molecule has 1 heterocycles. The molecular weight excluding hydrogens is 438 g/mol. The minimum atomic E-state index is -0.521. The SMILES string of the molecule is CC(C)(C)OC(=O)N1CCCC1CNc1ccc(-c2ccccc2)cc1Oc1ccc(C#N)cc1. The molecule has 180 valence electrons. The van der Waals surface area contributed by atoms with Crippen molar-refractivity contribution in [3.63, 3.8) is 0 Å². The van der Waals surface area contributed by atoms with E-state index in [0.29, 0.717) is 30.2 Å². The quantitative estimate of drug-likeness (QED) is 0.428. The predicted molar refractivity (Wildman–Crippen MR) is 138 cm³/mol. The average molecular weight is 470 g/mol. The molecule has 3 aromatic rings. The highest BCUT2D eigenvalue weighted by atomic mass is 16.6. The molecule has 1 saturated heterocycles. The van der Waals surface area contributed by atoms with Crippen LogP contribution in [0.5, 0.6) is 11.5 Å². The zero-order valence-corrected chi connectivity index (χ0v) is 20.5. The van der Waals surface area contributed by atoms with Gasteiger partial charge in [0, 0.05) is 13.1 Å².